The molecule has 0 aliphatic heterocycles. The van der Waals surface area contributed by atoms with Gasteiger partial charge in [0.1, 0.15) is 6.61 Å². The Hall–Kier alpha value is -3.92. The number of hydrogen-bond acceptors (Lipinski definition) is 4. The lowest BCUT2D eigenvalue weighted by Gasteiger charge is -2.09. The van der Waals surface area contributed by atoms with Crippen LogP contribution in [0.2, 0.25) is 0 Å². The molecule has 7 nitrogen and oxygen atoms in total. The molecule has 1 aromatic heterocycles. The van der Waals surface area contributed by atoms with Gasteiger partial charge in [0.05, 0.1) is 17.8 Å². The van der Waals surface area contributed by atoms with Gasteiger partial charge in [-0.25, -0.2) is 14.6 Å². The number of H-pyrrole nitrogens is 1. The first kappa shape index (κ1) is 16.9. The Balaban J connectivity index is 1.91. The minimum atomic E-state index is -1.04. The maximum atomic E-state index is 12.2. The summed E-state index contributed by atoms with van der Waals surface area (Å²) in [5.74, 6) is -1.04. The third-order valence-corrected chi connectivity index (χ3v) is 3.58. The number of benzene rings is 2. The molecule has 0 radical (unpaired) electrons. The van der Waals surface area contributed by atoms with E-state index >= 15 is 0 Å². The third kappa shape index (κ3) is 3.60. The van der Waals surface area contributed by atoms with Crippen molar-refractivity contribution in [2.45, 2.75) is 6.61 Å². The molecule has 0 aliphatic rings. The summed E-state index contributed by atoms with van der Waals surface area (Å²) >= 11 is 0. The number of ether oxygens (including phenoxy) is 1. The number of aromatic nitrogens is 2. The van der Waals surface area contributed by atoms with E-state index in [1.54, 1.807) is 36.4 Å². The lowest BCUT2D eigenvalue weighted by atomic mass is 10.1. The molecule has 0 bridgehead atoms. The lowest BCUT2D eigenvalue weighted by molar-refractivity contribution is 0.0696. The predicted octanol–water partition coefficient (Wildman–Crippen LogP) is 3.26. The number of carboxylic acids is 1. The number of carboxylic acid groups (broad SMARTS) is 1. The van der Waals surface area contributed by atoms with Crippen LogP contribution < -0.4 is 10.3 Å². The normalized spacial score (nSPS) is 10.1. The molecule has 0 saturated heterocycles. The molecule has 7 heteroatoms. The largest absolute Gasteiger partial charge is 0.478 e. The van der Waals surface area contributed by atoms with Crippen LogP contribution in [0.25, 0.3) is 16.1 Å². The summed E-state index contributed by atoms with van der Waals surface area (Å²) in [6.07, 6.45) is 0. The Kier molecular flexibility index (Phi) is 4.76. The number of nitrogens with one attached hydrogen (secondary N) is 1. The average Bonchev–Trinajstić information content (AvgIpc) is 2.67. The van der Waals surface area contributed by atoms with Crippen LogP contribution in [0.1, 0.15) is 15.9 Å². The fourth-order valence-corrected chi connectivity index (χ4v) is 2.36. The highest BCUT2D eigenvalue weighted by molar-refractivity contribution is 5.87. The van der Waals surface area contributed by atoms with E-state index in [-0.39, 0.29) is 29.6 Å². The van der Waals surface area contributed by atoms with E-state index in [4.69, 9.17) is 16.4 Å². The van der Waals surface area contributed by atoms with E-state index in [9.17, 15) is 9.59 Å². The van der Waals surface area contributed by atoms with Crippen LogP contribution in [0.3, 0.4) is 0 Å². The van der Waals surface area contributed by atoms with Crippen molar-refractivity contribution < 1.29 is 14.6 Å². The fourth-order valence-electron chi connectivity index (χ4n) is 2.36. The van der Waals surface area contributed by atoms with Crippen LogP contribution in [-0.4, -0.2) is 21.0 Å². The molecule has 0 unspecified atom stereocenters. The molecular weight excluding hydrogens is 334 g/mol. The van der Waals surface area contributed by atoms with Crippen molar-refractivity contribution in [2.75, 3.05) is 0 Å². The zero-order chi connectivity index (χ0) is 18.5. The quantitative estimate of drug-likeness (QED) is 0.691. The lowest BCUT2D eigenvalue weighted by Crippen LogP contribution is -2.11. The van der Waals surface area contributed by atoms with Gasteiger partial charge in [0, 0.05) is 0 Å². The summed E-state index contributed by atoms with van der Waals surface area (Å²) in [5.41, 5.74) is 0.907. The highest BCUT2D eigenvalue weighted by Crippen LogP contribution is 2.26. The van der Waals surface area contributed by atoms with Crippen molar-refractivity contribution in [3.63, 3.8) is 0 Å². The van der Waals surface area contributed by atoms with Crippen LogP contribution in [0.4, 0.5) is 5.69 Å². The van der Waals surface area contributed by atoms with E-state index in [0.717, 1.165) is 0 Å². The molecule has 1 heterocycles. The molecule has 3 aromatic rings. The topological polar surface area (TPSA) is 96.6 Å². The number of rotatable bonds is 5. The summed E-state index contributed by atoms with van der Waals surface area (Å²) in [6.45, 7) is 7.24. The van der Waals surface area contributed by atoms with Crippen molar-refractivity contribution in [3.05, 3.63) is 87.5 Å². The second-order valence-corrected chi connectivity index (χ2v) is 5.34. The molecule has 26 heavy (non-hydrogen) atoms. The Morgan fingerprint density at radius 3 is 2.65 bits per heavy atom. The van der Waals surface area contributed by atoms with Gasteiger partial charge in [0.25, 0.3) is 17.3 Å². The van der Waals surface area contributed by atoms with Crippen LogP contribution in [0.5, 0.6) is 6.01 Å². The summed E-state index contributed by atoms with van der Waals surface area (Å²) < 4.78 is 5.51. The smallest absolute Gasteiger partial charge is 0.335 e. The molecule has 128 valence electrons. The molecule has 0 aliphatic carbocycles. The summed E-state index contributed by atoms with van der Waals surface area (Å²) in [5, 5.41) is 9.02. The van der Waals surface area contributed by atoms with Crippen molar-refractivity contribution in [1.29, 1.82) is 0 Å². The molecule has 2 N–H and O–H groups in total. The van der Waals surface area contributed by atoms with E-state index in [1.807, 2.05) is 6.07 Å². The summed E-state index contributed by atoms with van der Waals surface area (Å²) in [4.78, 5) is 33.1. The SMILES string of the molecule is [C-]#[N+]c1c(-c2ccccc2)nc(OCc2cccc(C(=O)O)c2)[nH]c1=O. The molecule has 0 atom stereocenters. The van der Waals surface area contributed by atoms with E-state index in [0.29, 0.717) is 11.1 Å². The standard InChI is InChI=1S/C19H13N3O4/c1-20-16-15(13-7-3-2-4-8-13)21-19(22-17(16)23)26-11-12-6-5-9-14(10-12)18(24)25/h2-10H,11H2,(H,24,25)(H,21,22,23). The van der Waals surface area contributed by atoms with Crippen molar-refractivity contribution >= 4 is 11.7 Å². The van der Waals surface area contributed by atoms with Crippen molar-refractivity contribution in [1.82, 2.24) is 9.97 Å². The second kappa shape index (κ2) is 7.32. The number of nitrogens with zero attached hydrogens (tertiary/aromatic N) is 2. The Morgan fingerprint density at radius 2 is 1.96 bits per heavy atom. The third-order valence-electron chi connectivity index (χ3n) is 3.58. The predicted molar refractivity (Wildman–Crippen MR) is 94.3 cm³/mol. The van der Waals surface area contributed by atoms with Gasteiger partial charge < -0.3 is 9.84 Å². The van der Waals surface area contributed by atoms with Crippen molar-refractivity contribution in [2.24, 2.45) is 0 Å². The molecule has 0 fully saturated rings. The highest BCUT2D eigenvalue weighted by atomic mass is 16.5. The molecule has 0 saturated carbocycles. The van der Waals surface area contributed by atoms with E-state index < -0.39 is 11.5 Å². The monoisotopic (exact) mass is 347 g/mol. The number of aromatic carboxylic acids is 1. The second-order valence-electron chi connectivity index (χ2n) is 5.34. The van der Waals surface area contributed by atoms with Crippen molar-refractivity contribution in [3.8, 4) is 17.3 Å². The summed E-state index contributed by atoms with van der Waals surface area (Å²) in [6, 6.07) is 15.1. The number of carbonyl (C=O) groups is 1. The average molecular weight is 347 g/mol. The van der Waals surface area contributed by atoms with Gasteiger partial charge >= 0.3 is 5.97 Å². The van der Waals surface area contributed by atoms with Gasteiger partial charge in [-0.1, -0.05) is 42.5 Å². The molecular formula is C19H13N3O4. The van der Waals surface area contributed by atoms with Gasteiger partial charge in [0.2, 0.25) is 0 Å². The van der Waals surface area contributed by atoms with Gasteiger partial charge in [0.15, 0.2) is 0 Å². The summed E-state index contributed by atoms with van der Waals surface area (Å²) in [7, 11) is 0. The maximum Gasteiger partial charge on any atom is 0.335 e. The first-order valence-electron chi connectivity index (χ1n) is 7.60. The number of aromatic amines is 1. The Labute approximate surface area is 148 Å². The Morgan fingerprint density at radius 1 is 1.19 bits per heavy atom. The van der Waals surface area contributed by atoms with Gasteiger partial charge in [-0.3, -0.25) is 9.78 Å². The zero-order valence-electron chi connectivity index (χ0n) is 13.5. The van der Waals surface area contributed by atoms with Crippen LogP contribution in [0.15, 0.2) is 59.4 Å². The maximum absolute atomic E-state index is 12.2. The molecule has 0 amide bonds. The van der Waals surface area contributed by atoms with E-state index in [1.165, 1.54) is 12.1 Å². The zero-order valence-corrected chi connectivity index (χ0v) is 13.5. The molecule has 3 rings (SSSR count). The highest BCUT2D eigenvalue weighted by Gasteiger charge is 2.14. The van der Waals surface area contributed by atoms with Crippen LogP contribution >= 0.6 is 0 Å². The Bertz CT molecular complexity index is 1050. The van der Waals surface area contributed by atoms with Crippen LogP contribution in [-0.2, 0) is 6.61 Å². The van der Waals surface area contributed by atoms with Gasteiger partial charge in [-0.15, -0.1) is 0 Å². The fraction of sp³-hybridized carbons (Fsp3) is 0.0526. The van der Waals surface area contributed by atoms with E-state index in [2.05, 4.69) is 14.8 Å². The number of hydrogen-bond donors (Lipinski definition) is 2. The molecule has 2 aromatic carbocycles. The van der Waals surface area contributed by atoms with Crippen LogP contribution in [0, 0.1) is 6.57 Å². The minimum Gasteiger partial charge on any atom is -0.478 e. The first-order chi connectivity index (χ1) is 12.6. The van der Waals surface area contributed by atoms with Gasteiger partial charge in [-0.05, 0) is 23.3 Å². The first-order valence-corrected chi connectivity index (χ1v) is 7.60. The molecule has 0 spiro atoms. The van der Waals surface area contributed by atoms with Gasteiger partial charge in [-0.2, -0.15) is 0 Å². The minimum absolute atomic E-state index is 0.0235.